The molecule has 0 aliphatic carbocycles. The highest BCUT2D eigenvalue weighted by atomic mass is 16.2. The summed E-state index contributed by atoms with van der Waals surface area (Å²) in [4.78, 5) is 22.1. The molecule has 1 saturated heterocycles. The second kappa shape index (κ2) is 4.79. The first kappa shape index (κ1) is 11.8. The number of hydrogen-bond acceptors (Lipinski definition) is 4. The maximum Gasteiger partial charge on any atom is 0.274 e. The molecular formula is C13H15N5O. The van der Waals surface area contributed by atoms with Crippen LogP contribution in [0.15, 0.2) is 24.8 Å². The van der Waals surface area contributed by atoms with Gasteiger partial charge in [0.2, 0.25) is 0 Å². The number of hydrogen-bond donors (Lipinski definition) is 1. The molecule has 1 N–H and O–H groups in total. The predicted molar refractivity (Wildman–Crippen MR) is 68.6 cm³/mol. The highest BCUT2D eigenvalue weighted by Crippen LogP contribution is 2.28. The monoisotopic (exact) mass is 257 g/mol. The summed E-state index contributed by atoms with van der Waals surface area (Å²) in [5.74, 6) is 0.288. The Bertz CT molecular complexity index is 580. The van der Waals surface area contributed by atoms with Crippen LogP contribution in [-0.4, -0.2) is 44.1 Å². The number of H-pyrrole nitrogens is 1. The Labute approximate surface area is 110 Å². The molecule has 0 bridgehead atoms. The van der Waals surface area contributed by atoms with Crippen molar-refractivity contribution in [1.82, 2.24) is 25.1 Å². The number of carbonyl (C=O) groups is 1. The lowest BCUT2D eigenvalue weighted by Gasteiger charge is -2.15. The van der Waals surface area contributed by atoms with Gasteiger partial charge in [0.25, 0.3) is 5.91 Å². The van der Waals surface area contributed by atoms with Crippen LogP contribution in [0.4, 0.5) is 0 Å². The van der Waals surface area contributed by atoms with Crippen LogP contribution in [0.5, 0.6) is 0 Å². The van der Waals surface area contributed by atoms with Crippen molar-refractivity contribution in [3.05, 3.63) is 41.7 Å². The minimum atomic E-state index is -0.0484. The van der Waals surface area contributed by atoms with Crippen LogP contribution in [0, 0.1) is 6.92 Å². The summed E-state index contributed by atoms with van der Waals surface area (Å²) in [7, 11) is 0. The number of rotatable bonds is 2. The Morgan fingerprint density at radius 1 is 1.42 bits per heavy atom. The lowest BCUT2D eigenvalue weighted by Crippen LogP contribution is -2.29. The van der Waals surface area contributed by atoms with Crippen molar-refractivity contribution < 1.29 is 4.79 Å². The molecule has 0 unspecified atom stereocenters. The van der Waals surface area contributed by atoms with Crippen molar-refractivity contribution in [2.75, 3.05) is 13.1 Å². The summed E-state index contributed by atoms with van der Waals surface area (Å²) in [5.41, 5.74) is 2.69. The van der Waals surface area contributed by atoms with Crippen molar-refractivity contribution in [2.45, 2.75) is 19.3 Å². The molecule has 1 atom stereocenters. The zero-order valence-electron chi connectivity index (χ0n) is 10.7. The molecule has 0 spiro atoms. The molecule has 6 heteroatoms. The highest BCUT2D eigenvalue weighted by molar-refractivity contribution is 5.92. The van der Waals surface area contributed by atoms with Crippen LogP contribution in [0.2, 0.25) is 0 Å². The summed E-state index contributed by atoms with van der Waals surface area (Å²) in [6, 6.07) is 0. The number of likely N-dealkylation sites (tertiary alicyclic amines) is 1. The molecular weight excluding hydrogens is 242 g/mol. The van der Waals surface area contributed by atoms with E-state index >= 15 is 0 Å². The summed E-state index contributed by atoms with van der Waals surface area (Å²) in [5, 5.41) is 7.07. The van der Waals surface area contributed by atoms with E-state index in [2.05, 4.69) is 20.2 Å². The molecule has 1 aliphatic rings. The molecule has 98 valence electrons. The van der Waals surface area contributed by atoms with E-state index in [9.17, 15) is 4.79 Å². The molecule has 1 amide bonds. The van der Waals surface area contributed by atoms with E-state index in [0.29, 0.717) is 18.2 Å². The van der Waals surface area contributed by atoms with Crippen molar-refractivity contribution in [3.63, 3.8) is 0 Å². The number of nitrogens with one attached hydrogen (secondary N) is 1. The molecule has 1 fully saturated rings. The molecule has 3 rings (SSSR count). The van der Waals surface area contributed by atoms with Gasteiger partial charge in [-0.15, -0.1) is 0 Å². The molecule has 2 aromatic rings. The zero-order chi connectivity index (χ0) is 13.2. The van der Waals surface area contributed by atoms with Gasteiger partial charge >= 0.3 is 0 Å². The van der Waals surface area contributed by atoms with Gasteiger partial charge in [0.1, 0.15) is 5.69 Å². The Balaban J connectivity index is 1.73. The van der Waals surface area contributed by atoms with Crippen molar-refractivity contribution in [1.29, 1.82) is 0 Å². The fraction of sp³-hybridized carbons (Fsp3) is 0.385. The van der Waals surface area contributed by atoms with E-state index in [0.717, 1.165) is 24.2 Å². The van der Waals surface area contributed by atoms with Gasteiger partial charge in [-0.05, 0) is 18.9 Å². The molecule has 6 nitrogen and oxygen atoms in total. The molecule has 0 saturated carbocycles. The van der Waals surface area contributed by atoms with Gasteiger partial charge in [0.15, 0.2) is 0 Å². The number of amides is 1. The summed E-state index contributed by atoms with van der Waals surface area (Å²) >= 11 is 0. The lowest BCUT2D eigenvalue weighted by molar-refractivity contribution is 0.0784. The van der Waals surface area contributed by atoms with Crippen LogP contribution < -0.4 is 0 Å². The van der Waals surface area contributed by atoms with E-state index in [1.54, 1.807) is 12.4 Å². The highest BCUT2D eigenvalue weighted by Gasteiger charge is 2.30. The summed E-state index contributed by atoms with van der Waals surface area (Å²) in [6.07, 6.45) is 7.39. The third-order valence-electron chi connectivity index (χ3n) is 3.53. The van der Waals surface area contributed by atoms with Gasteiger partial charge < -0.3 is 4.90 Å². The fourth-order valence-electron chi connectivity index (χ4n) is 2.52. The first-order valence-corrected chi connectivity index (χ1v) is 6.31. The van der Waals surface area contributed by atoms with Crippen molar-refractivity contribution >= 4 is 5.91 Å². The normalized spacial score (nSPS) is 18.8. The van der Waals surface area contributed by atoms with Gasteiger partial charge in [-0.1, -0.05) is 0 Å². The smallest absolute Gasteiger partial charge is 0.274 e. The molecule has 0 aromatic carbocycles. The van der Waals surface area contributed by atoms with Crippen LogP contribution in [-0.2, 0) is 0 Å². The van der Waals surface area contributed by atoms with Gasteiger partial charge in [-0.3, -0.25) is 14.9 Å². The maximum absolute atomic E-state index is 12.2. The fourth-order valence-corrected chi connectivity index (χ4v) is 2.52. The third kappa shape index (κ3) is 2.21. The van der Waals surface area contributed by atoms with Crippen LogP contribution in [0.3, 0.4) is 0 Å². The van der Waals surface area contributed by atoms with Gasteiger partial charge in [-0.2, -0.15) is 5.10 Å². The average Bonchev–Trinajstić information content (AvgIpc) is 3.07. The van der Waals surface area contributed by atoms with E-state index in [-0.39, 0.29) is 5.91 Å². The standard InChI is InChI=1S/C13H15N5O/c1-9-6-16-17-12(9)10-2-5-18(8-10)13(19)11-7-14-3-4-15-11/h3-4,6-7,10H,2,5,8H2,1H3,(H,16,17)/t10-/m1/s1. The van der Waals surface area contributed by atoms with E-state index in [1.165, 1.54) is 6.20 Å². The minimum absolute atomic E-state index is 0.0484. The number of aromatic nitrogens is 4. The molecule has 0 radical (unpaired) electrons. The molecule has 2 aromatic heterocycles. The Morgan fingerprint density at radius 2 is 2.32 bits per heavy atom. The quantitative estimate of drug-likeness (QED) is 0.875. The minimum Gasteiger partial charge on any atom is -0.337 e. The third-order valence-corrected chi connectivity index (χ3v) is 3.53. The van der Waals surface area contributed by atoms with Crippen LogP contribution in [0.1, 0.15) is 34.1 Å². The van der Waals surface area contributed by atoms with E-state index < -0.39 is 0 Å². The van der Waals surface area contributed by atoms with Crippen LogP contribution >= 0.6 is 0 Å². The van der Waals surface area contributed by atoms with Crippen LogP contribution in [0.25, 0.3) is 0 Å². The zero-order valence-corrected chi connectivity index (χ0v) is 10.7. The summed E-state index contributed by atoms with van der Waals surface area (Å²) in [6.45, 7) is 3.49. The first-order valence-electron chi connectivity index (χ1n) is 6.31. The first-order chi connectivity index (χ1) is 9.25. The number of carbonyl (C=O) groups excluding carboxylic acids is 1. The predicted octanol–water partition coefficient (Wildman–Crippen LogP) is 1.14. The lowest BCUT2D eigenvalue weighted by atomic mass is 10.0. The van der Waals surface area contributed by atoms with Crippen molar-refractivity contribution in [3.8, 4) is 0 Å². The van der Waals surface area contributed by atoms with E-state index in [1.807, 2.05) is 18.0 Å². The maximum atomic E-state index is 12.2. The Hall–Kier alpha value is -2.24. The van der Waals surface area contributed by atoms with Gasteiger partial charge in [-0.25, -0.2) is 4.98 Å². The number of aromatic amines is 1. The number of nitrogens with zero attached hydrogens (tertiary/aromatic N) is 4. The van der Waals surface area contributed by atoms with Crippen molar-refractivity contribution in [2.24, 2.45) is 0 Å². The SMILES string of the molecule is Cc1cn[nH]c1[C@@H]1CCN(C(=O)c2cnccn2)C1. The van der Waals surface area contributed by atoms with Gasteiger partial charge in [0.05, 0.1) is 12.4 Å². The topological polar surface area (TPSA) is 74.8 Å². The Kier molecular flexibility index (Phi) is 2.98. The molecule has 3 heterocycles. The second-order valence-electron chi connectivity index (χ2n) is 4.79. The van der Waals surface area contributed by atoms with E-state index in [4.69, 9.17) is 0 Å². The largest absolute Gasteiger partial charge is 0.337 e. The van der Waals surface area contributed by atoms with Gasteiger partial charge in [0, 0.05) is 37.1 Å². The number of aryl methyl sites for hydroxylation is 1. The molecule has 19 heavy (non-hydrogen) atoms. The second-order valence-corrected chi connectivity index (χ2v) is 4.79. The molecule has 1 aliphatic heterocycles. The Morgan fingerprint density at radius 3 is 3.00 bits per heavy atom. The average molecular weight is 257 g/mol. The summed E-state index contributed by atoms with van der Waals surface area (Å²) < 4.78 is 0.